The summed E-state index contributed by atoms with van der Waals surface area (Å²) in [7, 11) is 0. The quantitative estimate of drug-likeness (QED) is 0.702. The molecule has 0 spiro atoms. The number of aliphatic hydroxyl groups excluding tert-OH is 1. The first kappa shape index (κ1) is 11.1. The van der Waals surface area contributed by atoms with Crippen LogP contribution in [0.1, 0.15) is 6.42 Å². The van der Waals surface area contributed by atoms with Crippen molar-refractivity contribution in [2.45, 2.75) is 25.1 Å². The fourth-order valence-corrected chi connectivity index (χ4v) is 1.68. The Hall–Kier alpha value is -1.40. The van der Waals surface area contributed by atoms with Gasteiger partial charge in [0.15, 0.2) is 0 Å². The summed E-state index contributed by atoms with van der Waals surface area (Å²) in [5.41, 5.74) is 0. The van der Waals surface area contributed by atoms with Gasteiger partial charge >= 0.3 is 0 Å². The number of hydrogen-bond donors (Lipinski definition) is 2. The van der Waals surface area contributed by atoms with Gasteiger partial charge < -0.3 is 15.2 Å². The van der Waals surface area contributed by atoms with Crippen LogP contribution in [0.25, 0.3) is 0 Å². The predicted octanol–water partition coefficient (Wildman–Crippen LogP) is -0.851. The number of rotatable bonds is 3. The maximum atomic E-state index is 11.6. The van der Waals surface area contributed by atoms with Crippen molar-refractivity contribution >= 4 is 5.91 Å². The number of aliphatic hydroxyl groups is 1. The summed E-state index contributed by atoms with van der Waals surface area (Å²) in [6.07, 6.45) is 3.37. The largest absolute Gasteiger partial charge is 0.389 e. The first-order valence-corrected chi connectivity index (χ1v) is 5.28. The lowest BCUT2D eigenvalue weighted by Gasteiger charge is -2.28. The number of aromatic nitrogens is 2. The third-order valence-electron chi connectivity index (χ3n) is 2.54. The molecule has 88 valence electrons. The average Bonchev–Trinajstić information content (AvgIpc) is 2.74. The highest BCUT2D eigenvalue weighted by molar-refractivity contribution is 5.76. The topological polar surface area (TPSA) is 76.4 Å². The molecule has 1 amide bonds. The van der Waals surface area contributed by atoms with Crippen molar-refractivity contribution in [2.24, 2.45) is 0 Å². The van der Waals surface area contributed by atoms with E-state index in [9.17, 15) is 9.90 Å². The van der Waals surface area contributed by atoms with Crippen LogP contribution in [-0.2, 0) is 16.1 Å². The first-order chi connectivity index (χ1) is 7.75. The third kappa shape index (κ3) is 2.80. The van der Waals surface area contributed by atoms with Crippen molar-refractivity contribution in [1.82, 2.24) is 15.1 Å². The van der Waals surface area contributed by atoms with Crippen molar-refractivity contribution in [3.8, 4) is 0 Å². The van der Waals surface area contributed by atoms with Gasteiger partial charge in [-0.3, -0.25) is 9.48 Å². The molecule has 16 heavy (non-hydrogen) atoms. The molecule has 2 atom stereocenters. The van der Waals surface area contributed by atoms with Crippen molar-refractivity contribution < 1.29 is 14.6 Å². The Bertz CT molecular complexity index is 339. The lowest BCUT2D eigenvalue weighted by Crippen LogP contribution is -2.49. The van der Waals surface area contributed by atoms with E-state index in [4.69, 9.17) is 4.74 Å². The second-order valence-corrected chi connectivity index (χ2v) is 3.81. The van der Waals surface area contributed by atoms with Gasteiger partial charge in [0.25, 0.3) is 0 Å². The maximum Gasteiger partial charge on any atom is 0.242 e. The Morgan fingerprint density at radius 2 is 2.56 bits per heavy atom. The molecule has 0 unspecified atom stereocenters. The molecule has 0 radical (unpaired) electrons. The summed E-state index contributed by atoms with van der Waals surface area (Å²) in [4.78, 5) is 11.6. The van der Waals surface area contributed by atoms with E-state index in [0.29, 0.717) is 13.0 Å². The number of carbonyl (C=O) groups excluding carboxylic acids is 1. The second kappa shape index (κ2) is 5.09. The van der Waals surface area contributed by atoms with Crippen LogP contribution in [0.5, 0.6) is 0 Å². The van der Waals surface area contributed by atoms with Crippen molar-refractivity contribution in [2.75, 3.05) is 13.2 Å². The monoisotopic (exact) mass is 225 g/mol. The molecular formula is C10H15N3O3. The standard InChI is InChI=1S/C10H15N3O3/c14-9-7-16-5-2-8(9)12-10(15)6-13-4-1-3-11-13/h1,3-4,8-9,14H,2,5-7H2,(H,12,15)/t8-,9-/m1/s1. The number of hydrogen-bond acceptors (Lipinski definition) is 4. The van der Waals surface area contributed by atoms with Gasteiger partial charge in [-0.05, 0) is 12.5 Å². The van der Waals surface area contributed by atoms with E-state index >= 15 is 0 Å². The molecule has 1 fully saturated rings. The van der Waals surface area contributed by atoms with Gasteiger partial charge in [0.2, 0.25) is 5.91 Å². The Balaban J connectivity index is 1.82. The van der Waals surface area contributed by atoms with Crippen LogP contribution in [0.3, 0.4) is 0 Å². The Kier molecular flexibility index (Phi) is 3.53. The SMILES string of the molecule is O=C(Cn1cccn1)N[C@@H]1CCOC[C@H]1O. The van der Waals surface area contributed by atoms with Gasteiger partial charge in [-0.25, -0.2) is 0 Å². The van der Waals surface area contributed by atoms with Crippen LogP contribution in [0.2, 0.25) is 0 Å². The summed E-state index contributed by atoms with van der Waals surface area (Å²) in [6, 6.07) is 1.55. The Morgan fingerprint density at radius 3 is 3.25 bits per heavy atom. The second-order valence-electron chi connectivity index (χ2n) is 3.81. The molecule has 1 aliphatic rings. The van der Waals surface area contributed by atoms with E-state index < -0.39 is 6.10 Å². The van der Waals surface area contributed by atoms with E-state index in [1.807, 2.05) is 0 Å². The zero-order valence-electron chi connectivity index (χ0n) is 8.87. The molecule has 6 heteroatoms. The molecule has 1 aromatic rings. The Morgan fingerprint density at radius 1 is 1.69 bits per heavy atom. The summed E-state index contributed by atoms with van der Waals surface area (Å²) in [6.45, 7) is 1.04. The molecule has 0 aliphatic carbocycles. The van der Waals surface area contributed by atoms with Gasteiger partial charge in [0, 0.05) is 19.0 Å². The molecule has 1 aromatic heterocycles. The van der Waals surface area contributed by atoms with Gasteiger partial charge in [-0.1, -0.05) is 0 Å². The highest BCUT2D eigenvalue weighted by Crippen LogP contribution is 2.07. The number of nitrogens with zero attached hydrogens (tertiary/aromatic N) is 2. The summed E-state index contributed by atoms with van der Waals surface area (Å²) in [5.74, 6) is -0.144. The lowest BCUT2D eigenvalue weighted by molar-refractivity contribution is -0.125. The van der Waals surface area contributed by atoms with Crippen LogP contribution < -0.4 is 5.32 Å². The van der Waals surface area contributed by atoms with Gasteiger partial charge in [0.1, 0.15) is 6.54 Å². The minimum Gasteiger partial charge on any atom is -0.389 e. The van der Waals surface area contributed by atoms with Crippen molar-refractivity contribution in [3.63, 3.8) is 0 Å². The van der Waals surface area contributed by atoms with Crippen molar-refractivity contribution in [1.29, 1.82) is 0 Å². The Labute approximate surface area is 93.2 Å². The molecule has 2 rings (SSSR count). The lowest BCUT2D eigenvalue weighted by atomic mass is 10.1. The normalized spacial score (nSPS) is 25.3. The van der Waals surface area contributed by atoms with Crippen LogP contribution in [0.15, 0.2) is 18.5 Å². The van der Waals surface area contributed by atoms with E-state index in [1.165, 1.54) is 0 Å². The minimum atomic E-state index is -0.615. The molecule has 2 N–H and O–H groups in total. The third-order valence-corrected chi connectivity index (χ3v) is 2.54. The van der Waals surface area contributed by atoms with Crippen LogP contribution in [0.4, 0.5) is 0 Å². The van der Waals surface area contributed by atoms with E-state index in [2.05, 4.69) is 10.4 Å². The molecule has 2 heterocycles. The highest BCUT2D eigenvalue weighted by atomic mass is 16.5. The minimum absolute atomic E-state index is 0.144. The molecule has 6 nitrogen and oxygen atoms in total. The maximum absolute atomic E-state index is 11.6. The number of carbonyl (C=O) groups is 1. The van der Waals surface area contributed by atoms with Gasteiger partial charge in [-0.2, -0.15) is 5.10 Å². The zero-order chi connectivity index (χ0) is 11.4. The first-order valence-electron chi connectivity index (χ1n) is 5.28. The number of amides is 1. The highest BCUT2D eigenvalue weighted by Gasteiger charge is 2.24. The smallest absolute Gasteiger partial charge is 0.242 e. The molecule has 1 saturated heterocycles. The number of ether oxygens (including phenoxy) is 1. The van der Waals surface area contributed by atoms with Crippen molar-refractivity contribution in [3.05, 3.63) is 18.5 Å². The van der Waals surface area contributed by atoms with Gasteiger partial charge in [0.05, 0.1) is 18.8 Å². The summed E-state index contributed by atoms with van der Waals surface area (Å²) in [5, 5.41) is 16.3. The average molecular weight is 225 g/mol. The van der Waals surface area contributed by atoms with Crippen LogP contribution in [0, 0.1) is 0 Å². The zero-order valence-corrected chi connectivity index (χ0v) is 8.87. The van der Waals surface area contributed by atoms with E-state index in [-0.39, 0.29) is 25.1 Å². The fraction of sp³-hybridized carbons (Fsp3) is 0.600. The van der Waals surface area contributed by atoms with E-state index in [1.54, 1.807) is 23.1 Å². The molecule has 0 bridgehead atoms. The summed E-state index contributed by atoms with van der Waals surface area (Å²) >= 11 is 0. The molecule has 0 saturated carbocycles. The van der Waals surface area contributed by atoms with E-state index in [0.717, 1.165) is 0 Å². The molecule has 1 aliphatic heterocycles. The molecular weight excluding hydrogens is 210 g/mol. The molecule has 0 aromatic carbocycles. The summed E-state index contributed by atoms with van der Waals surface area (Å²) < 4.78 is 6.62. The predicted molar refractivity (Wildman–Crippen MR) is 55.6 cm³/mol. The van der Waals surface area contributed by atoms with Gasteiger partial charge in [-0.15, -0.1) is 0 Å². The number of nitrogens with one attached hydrogen (secondary N) is 1. The fourth-order valence-electron chi connectivity index (χ4n) is 1.68. The van der Waals surface area contributed by atoms with Crippen LogP contribution >= 0.6 is 0 Å². The van der Waals surface area contributed by atoms with Crippen LogP contribution in [-0.4, -0.2) is 46.2 Å².